The summed E-state index contributed by atoms with van der Waals surface area (Å²) in [6.07, 6.45) is 6.93. The third-order valence-electron chi connectivity index (χ3n) is 10.7. The van der Waals surface area contributed by atoms with Crippen LogP contribution >= 0.6 is 0 Å². The normalized spacial score (nSPS) is 27.2. The van der Waals surface area contributed by atoms with Crippen molar-refractivity contribution in [2.45, 2.75) is 76.8 Å². The first-order valence-electron chi connectivity index (χ1n) is 16.3. The van der Waals surface area contributed by atoms with Crippen molar-refractivity contribution in [1.82, 2.24) is 19.4 Å². The quantitative estimate of drug-likeness (QED) is 0.483. The molecule has 1 aliphatic carbocycles. The second-order valence-corrected chi connectivity index (χ2v) is 15.3. The molecular weight excluding hydrogens is 566 g/mol. The molecule has 43 heavy (non-hydrogen) atoms. The van der Waals surface area contributed by atoms with Crippen LogP contribution in [0.5, 0.6) is 0 Å². The lowest BCUT2D eigenvalue weighted by Gasteiger charge is -2.42. The maximum absolute atomic E-state index is 13.3. The number of amidine groups is 1. The fourth-order valence-electron chi connectivity index (χ4n) is 7.44. The molecule has 11 heteroatoms. The third kappa shape index (κ3) is 6.41. The summed E-state index contributed by atoms with van der Waals surface area (Å²) >= 11 is 0. The number of ether oxygens (including phenoxy) is 1. The lowest BCUT2D eigenvalue weighted by molar-refractivity contribution is -0.125. The van der Waals surface area contributed by atoms with Gasteiger partial charge in [0.15, 0.2) is 0 Å². The van der Waals surface area contributed by atoms with Crippen molar-refractivity contribution < 1.29 is 22.7 Å². The first-order valence-corrected chi connectivity index (χ1v) is 17.9. The molecule has 0 atom stereocenters. The molecule has 10 nitrogen and oxygen atoms in total. The topological polar surface area (TPSA) is 112 Å². The molecule has 0 radical (unpaired) electrons. The summed E-state index contributed by atoms with van der Waals surface area (Å²) in [6.45, 7) is 9.53. The van der Waals surface area contributed by atoms with Gasteiger partial charge < -0.3 is 15.0 Å². The molecule has 0 aromatic heterocycles. The Morgan fingerprint density at radius 3 is 2.35 bits per heavy atom. The van der Waals surface area contributed by atoms with Crippen LogP contribution in [-0.2, 0) is 26.0 Å². The monoisotopic (exact) mass is 613 g/mol. The van der Waals surface area contributed by atoms with E-state index in [1.807, 2.05) is 30.0 Å². The average Bonchev–Trinajstić information content (AvgIpc) is 3.30. The largest absolute Gasteiger partial charge is 0.378 e. The second-order valence-electron chi connectivity index (χ2n) is 13.2. The number of piperidine rings is 1. The number of piperazine rings is 1. The number of carbonyl (C=O) groups is 2. The molecular formula is C32H47N5O5S. The number of hydrogen-bond donors (Lipinski definition) is 1. The van der Waals surface area contributed by atoms with E-state index < -0.39 is 15.6 Å². The van der Waals surface area contributed by atoms with E-state index in [0.717, 1.165) is 62.0 Å². The smallest absolute Gasteiger partial charge is 0.253 e. The number of nitrogens with zero attached hydrogens (tertiary/aromatic N) is 4. The Bertz CT molecular complexity index is 1340. The van der Waals surface area contributed by atoms with E-state index in [1.165, 1.54) is 23.6 Å². The number of hydrogen-bond acceptors (Lipinski definition) is 7. The highest BCUT2D eigenvalue weighted by Gasteiger charge is 2.48. The molecule has 4 heterocycles. The molecule has 1 saturated carbocycles. The number of carbonyl (C=O) groups excluding carboxylic acids is 2. The summed E-state index contributed by atoms with van der Waals surface area (Å²) < 4.78 is 33.5. The first kappa shape index (κ1) is 30.7. The van der Waals surface area contributed by atoms with Crippen LogP contribution in [0.3, 0.4) is 0 Å². The average molecular weight is 614 g/mol. The van der Waals surface area contributed by atoms with Gasteiger partial charge in [-0.2, -0.15) is 0 Å². The highest BCUT2D eigenvalue weighted by Crippen LogP contribution is 2.36. The summed E-state index contributed by atoms with van der Waals surface area (Å²) in [7, 11) is -3.49. The molecule has 4 aliphatic heterocycles. The van der Waals surface area contributed by atoms with Gasteiger partial charge in [-0.25, -0.2) is 12.7 Å². The standard InChI is InChI=1S/C32H47N5O5S/c1-3-24-4-6-26(7-5-24)29-33-31(39)32(34-29)11-13-37(14-12-32)43(40,41)19-10-25-8-9-27(20-23(25)2)30(38)36-17-15-35(16-18-36)28-21-42-22-28/h8-9,20,24,26,28H,3-7,10-19,21-22H2,1-2H3,(H,33,34,39). The van der Waals surface area contributed by atoms with Crippen molar-refractivity contribution in [2.24, 2.45) is 16.8 Å². The zero-order valence-corrected chi connectivity index (χ0v) is 26.5. The van der Waals surface area contributed by atoms with Crippen LogP contribution in [0.2, 0.25) is 0 Å². The summed E-state index contributed by atoms with van der Waals surface area (Å²) in [4.78, 5) is 35.4. The molecule has 3 saturated heterocycles. The van der Waals surface area contributed by atoms with Gasteiger partial charge in [0, 0.05) is 50.7 Å². The highest BCUT2D eigenvalue weighted by atomic mass is 32.2. The zero-order valence-electron chi connectivity index (χ0n) is 25.7. The van der Waals surface area contributed by atoms with E-state index in [1.54, 1.807) is 0 Å². The Labute approximate surface area is 256 Å². The van der Waals surface area contributed by atoms with Gasteiger partial charge in [-0.3, -0.25) is 19.5 Å². The van der Waals surface area contributed by atoms with Crippen LogP contribution in [0.1, 0.15) is 73.4 Å². The van der Waals surface area contributed by atoms with Crippen molar-refractivity contribution in [1.29, 1.82) is 0 Å². The predicted octanol–water partition coefficient (Wildman–Crippen LogP) is 2.60. The lowest BCUT2D eigenvalue weighted by Crippen LogP contribution is -2.57. The van der Waals surface area contributed by atoms with Crippen molar-refractivity contribution in [2.75, 3.05) is 58.2 Å². The van der Waals surface area contributed by atoms with E-state index in [4.69, 9.17) is 9.73 Å². The number of benzene rings is 1. The highest BCUT2D eigenvalue weighted by molar-refractivity contribution is 7.89. The van der Waals surface area contributed by atoms with Gasteiger partial charge in [0.1, 0.15) is 11.4 Å². The van der Waals surface area contributed by atoms with E-state index in [0.29, 0.717) is 63.0 Å². The maximum Gasteiger partial charge on any atom is 0.253 e. The van der Waals surface area contributed by atoms with Crippen molar-refractivity contribution in [3.05, 3.63) is 34.9 Å². The molecule has 236 valence electrons. The van der Waals surface area contributed by atoms with Gasteiger partial charge in [0.25, 0.3) is 11.8 Å². The Hall–Kier alpha value is -2.34. The molecule has 2 amide bonds. The van der Waals surface area contributed by atoms with Crippen LogP contribution in [0.15, 0.2) is 23.2 Å². The number of nitrogens with one attached hydrogen (secondary N) is 1. The summed E-state index contributed by atoms with van der Waals surface area (Å²) in [5.41, 5.74) is 1.70. The Morgan fingerprint density at radius 1 is 1.05 bits per heavy atom. The second kappa shape index (κ2) is 12.6. The minimum absolute atomic E-state index is 0.00234. The summed E-state index contributed by atoms with van der Waals surface area (Å²) in [6, 6.07) is 6.12. The fraction of sp³-hybridized carbons (Fsp3) is 0.719. The fourth-order valence-corrected chi connectivity index (χ4v) is 8.91. The minimum atomic E-state index is -3.49. The number of rotatable bonds is 8. The van der Waals surface area contributed by atoms with Gasteiger partial charge in [-0.05, 0) is 81.0 Å². The van der Waals surface area contributed by atoms with Crippen LogP contribution in [0.4, 0.5) is 0 Å². The van der Waals surface area contributed by atoms with E-state index in [-0.39, 0.29) is 17.6 Å². The number of aliphatic imine (C=N–C) groups is 1. The van der Waals surface area contributed by atoms with E-state index in [9.17, 15) is 18.0 Å². The van der Waals surface area contributed by atoms with Crippen molar-refractivity contribution in [3.8, 4) is 0 Å². The lowest BCUT2D eigenvalue weighted by atomic mass is 9.80. The van der Waals surface area contributed by atoms with Crippen LogP contribution in [0.25, 0.3) is 0 Å². The van der Waals surface area contributed by atoms with Crippen molar-refractivity contribution >= 4 is 27.7 Å². The molecule has 5 aliphatic rings. The van der Waals surface area contributed by atoms with Gasteiger partial charge in [-0.1, -0.05) is 19.4 Å². The predicted molar refractivity (Wildman–Crippen MR) is 166 cm³/mol. The first-order chi connectivity index (χ1) is 20.7. The van der Waals surface area contributed by atoms with Gasteiger partial charge in [0.2, 0.25) is 10.0 Å². The van der Waals surface area contributed by atoms with Gasteiger partial charge in [-0.15, -0.1) is 0 Å². The molecule has 1 N–H and O–H groups in total. The molecule has 6 rings (SSSR count). The zero-order chi connectivity index (χ0) is 30.2. The van der Waals surface area contributed by atoms with Gasteiger partial charge in [0.05, 0.1) is 25.0 Å². The molecule has 0 unspecified atom stereocenters. The molecule has 4 fully saturated rings. The molecule has 1 spiro atoms. The number of sulfonamides is 1. The Balaban J connectivity index is 1.00. The Morgan fingerprint density at radius 2 is 1.74 bits per heavy atom. The number of aryl methyl sites for hydroxylation is 2. The van der Waals surface area contributed by atoms with Crippen molar-refractivity contribution in [3.63, 3.8) is 0 Å². The summed E-state index contributed by atoms with van der Waals surface area (Å²) in [5, 5.41) is 3.08. The van der Waals surface area contributed by atoms with E-state index >= 15 is 0 Å². The summed E-state index contributed by atoms with van der Waals surface area (Å²) in [5.74, 6) is 1.90. The third-order valence-corrected chi connectivity index (χ3v) is 12.6. The van der Waals surface area contributed by atoms with Crippen LogP contribution in [0, 0.1) is 18.8 Å². The van der Waals surface area contributed by atoms with E-state index in [2.05, 4.69) is 17.1 Å². The Kier molecular flexibility index (Phi) is 8.97. The van der Waals surface area contributed by atoms with Gasteiger partial charge >= 0.3 is 0 Å². The SMILES string of the molecule is CCC1CCC(C2=NC3(CCN(S(=O)(=O)CCc4ccc(C(=O)N5CCN(C6COC6)CC5)cc4C)CC3)C(=O)N2)CC1. The molecule has 0 bridgehead atoms. The van der Waals surface area contributed by atoms with Crippen LogP contribution in [-0.4, -0.2) is 110 Å². The number of amides is 2. The maximum atomic E-state index is 13.3. The minimum Gasteiger partial charge on any atom is -0.378 e. The molecule has 1 aromatic carbocycles. The van der Waals surface area contributed by atoms with Crippen LogP contribution < -0.4 is 5.32 Å². The molecule has 1 aromatic rings.